The van der Waals surface area contributed by atoms with Crippen molar-refractivity contribution in [2.24, 2.45) is 11.7 Å². The molecule has 1 fully saturated rings. The molecule has 0 spiro atoms. The van der Waals surface area contributed by atoms with Crippen molar-refractivity contribution in [2.45, 2.75) is 71.4 Å². The fraction of sp³-hybridized carbons (Fsp3) is 1.00. The van der Waals surface area contributed by atoms with Crippen LogP contribution < -0.4 is 5.73 Å². The van der Waals surface area contributed by atoms with Gasteiger partial charge in [-0.15, -0.1) is 0 Å². The molecule has 2 nitrogen and oxygen atoms in total. The van der Waals surface area contributed by atoms with E-state index in [4.69, 9.17) is 5.73 Å². The quantitative estimate of drug-likeness (QED) is 0.754. The Kier molecular flexibility index (Phi) is 6.37. The molecule has 2 heteroatoms. The van der Waals surface area contributed by atoms with Crippen LogP contribution in [0.2, 0.25) is 0 Å². The van der Waals surface area contributed by atoms with Crippen molar-refractivity contribution >= 4 is 0 Å². The van der Waals surface area contributed by atoms with E-state index in [-0.39, 0.29) is 0 Å². The summed E-state index contributed by atoms with van der Waals surface area (Å²) in [7, 11) is 0. The van der Waals surface area contributed by atoms with Gasteiger partial charge in [-0.25, -0.2) is 0 Å². The first-order valence-electron chi connectivity index (χ1n) is 7.20. The van der Waals surface area contributed by atoms with Crippen molar-refractivity contribution in [1.82, 2.24) is 4.90 Å². The van der Waals surface area contributed by atoms with Gasteiger partial charge in [0.1, 0.15) is 0 Å². The zero-order valence-corrected chi connectivity index (χ0v) is 11.4. The van der Waals surface area contributed by atoms with Gasteiger partial charge in [0.05, 0.1) is 0 Å². The number of rotatable bonds is 6. The Bertz CT molecular complexity index is 182. The van der Waals surface area contributed by atoms with Gasteiger partial charge in [-0.2, -0.15) is 0 Å². The summed E-state index contributed by atoms with van der Waals surface area (Å²) in [5, 5.41) is 0. The Balaban J connectivity index is 2.61. The third-order valence-corrected chi connectivity index (χ3v) is 4.24. The van der Waals surface area contributed by atoms with Crippen LogP contribution in [-0.2, 0) is 0 Å². The van der Waals surface area contributed by atoms with E-state index in [1.54, 1.807) is 0 Å². The fourth-order valence-electron chi connectivity index (χ4n) is 3.36. The molecule has 0 aromatic rings. The monoisotopic (exact) mass is 226 g/mol. The highest BCUT2D eigenvalue weighted by Gasteiger charge is 2.30. The zero-order valence-electron chi connectivity index (χ0n) is 11.4. The largest absolute Gasteiger partial charge is 0.330 e. The second-order valence-corrected chi connectivity index (χ2v) is 5.32. The highest BCUT2D eigenvalue weighted by molar-refractivity contribution is 4.85. The van der Waals surface area contributed by atoms with E-state index in [9.17, 15) is 0 Å². The molecule has 0 heterocycles. The molecule has 1 saturated carbocycles. The topological polar surface area (TPSA) is 29.3 Å². The molecule has 0 aromatic heterocycles. The van der Waals surface area contributed by atoms with Crippen LogP contribution in [0.3, 0.4) is 0 Å². The molecule has 0 saturated heterocycles. The first-order chi connectivity index (χ1) is 7.74. The Hall–Kier alpha value is -0.0800. The summed E-state index contributed by atoms with van der Waals surface area (Å²) in [6.45, 7) is 9.03. The lowest BCUT2D eigenvalue weighted by Crippen LogP contribution is -2.48. The van der Waals surface area contributed by atoms with Gasteiger partial charge in [0.2, 0.25) is 0 Å². The van der Waals surface area contributed by atoms with Gasteiger partial charge in [0.15, 0.2) is 0 Å². The average molecular weight is 226 g/mol. The van der Waals surface area contributed by atoms with E-state index >= 15 is 0 Å². The Morgan fingerprint density at radius 2 is 1.94 bits per heavy atom. The van der Waals surface area contributed by atoms with E-state index in [2.05, 4.69) is 25.7 Å². The standard InChI is InChI=1S/C14H30N2/c1-4-8-12(3)16(5-2)14-10-7-6-9-13(14)11-15/h12-14H,4-11,15H2,1-3H3. The summed E-state index contributed by atoms with van der Waals surface area (Å²) < 4.78 is 0. The first kappa shape index (κ1) is 14.0. The summed E-state index contributed by atoms with van der Waals surface area (Å²) >= 11 is 0. The second-order valence-electron chi connectivity index (χ2n) is 5.32. The van der Waals surface area contributed by atoms with Crippen LogP contribution in [0.1, 0.15) is 59.3 Å². The lowest BCUT2D eigenvalue weighted by molar-refractivity contribution is 0.0733. The summed E-state index contributed by atoms with van der Waals surface area (Å²) in [5.41, 5.74) is 5.93. The van der Waals surface area contributed by atoms with Crippen molar-refractivity contribution in [2.75, 3.05) is 13.1 Å². The molecular formula is C14H30N2. The van der Waals surface area contributed by atoms with Crippen molar-refractivity contribution in [3.8, 4) is 0 Å². The first-order valence-corrected chi connectivity index (χ1v) is 7.20. The third kappa shape index (κ3) is 3.46. The minimum atomic E-state index is 0.729. The van der Waals surface area contributed by atoms with Gasteiger partial charge in [0.25, 0.3) is 0 Å². The summed E-state index contributed by atoms with van der Waals surface area (Å²) in [5.74, 6) is 0.744. The number of nitrogens with two attached hydrogens (primary N) is 1. The van der Waals surface area contributed by atoms with Gasteiger partial charge >= 0.3 is 0 Å². The third-order valence-electron chi connectivity index (χ3n) is 4.24. The van der Waals surface area contributed by atoms with Crippen molar-refractivity contribution in [1.29, 1.82) is 0 Å². The maximum Gasteiger partial charge on any atom is 0.0138 e. The number of nitrogens with zero attached hydrogens (tertiary/aromatic N) is 1. The predicted molar refractivity (Wildman–Crippen MR) is 71.6 cm³/mol. The Labute approximate surface area is 102 Å². The minimum absolute atomic E-state index is 0.729. The van der Waals surface area contributed by atoms with Crippen LogP contribution in [-0.4, -0.2) is 30.1 Å². The molecule has 0 radical (unpaired) electrons. The van der Waals surface area contributed by atoms with E-state index in [1.165, 1.54) is 45.1 Å². The molecule has 0 amide bonds. The maximum absolute atomic E-state index is 5.93. The van der Waals surface area contributed by atoms with Gasteiger partial charge in [-0.3, -0.25) is 4.90 Å². The highest BCUT2D eigenvalue weighted by atomic mass is 15.2. The number of hydrogen-bond donors (Lipinski definition) is 1. The van der Waals surface area contributed by atoms with Crippen molar-refractivity contribution < 1.29 is 0 Å². The molecule has 3 atom stereocenters. The summed E-state index contributed by atoms with van der Waals surface area (Å²) in [6, 6.07) is 1.48. The fourth-order valence-corrected chi connectivity index (χ4v) is 3.36. The highest BCUT2D eigenvalue weighted by Crippen LogP contribution is 2.29. The van der Waals surface area contributed by atoms with Crippen LogP contribution in [0.5, 0.6) is 0 Å². The second kappa shape index (κ2) is 7.29. The maximum atomic E-state index is 5.93. The zero-order chi connectivity index (χ0) is 12.0. The molecule has 1 aliphatic carbocycles. The van der Waals surface area contributed by atoms with Gasteiger partial charge in [-0.05, 0) is 45.2 Å². The molecule has 0 aromatic carbocycles. The average Bonchev–Trinajstić information content (AvgIpc) is 2.31. The van der Waals surface area contributed by atoms with Crippen LogP contribution in [0.15, 0.2) is 0 Å². The molecule has 2 N–H and O–H groups in total. The van der Waals surface area contributed by atoms with Gasteiger partial charge in [0, 0.05) is 12.1 Å². The van der Waals surface area contributed by atoms with E-state index in [1.807, 2.05) is 0 Å². The summed E-state index contributed by atoms with van der Waals surface area (Å²) in [6.07, 6.45) is 8.11. The lowest BCUT2D eigenvalue weighted by atomic mass is 9.82. The molecule has 96 valence electrons. The molecule has 16 heavy (non-hydrogen) atoms. The van der Waals surface area contributed by atoms with Gasteiger partial charge < -0.3 is 5.73 Å². The van der Waals surface area contributed by atoms with Crippen LogP contribution in [0.4, 0.5) is 0 Å². The lowest BCUT2D eigenvalue weighted by Gasteiger charge is -2.42. The smallest absolute Gasteiger partial charge is 0.0138 e. The minimum Gasteiger partial charge on any atom is -0.330 e. The molecule has 0 aliphatic heterocycles. The van der Waals surface area contributed by atoms with E-state index < -0.39 is 0 Å². The molecule has 3 unspecified atom stereocenters. The molecule has 1 rings (SSSR count). The molecular weight excluding hydrogens is 196 g/mol. The Morgan fingerprint density at radius 3 is 2.50 bits per heavy atom. The normalized spacial score (nSPS) is 28.3. The van der Waals surface area contributed by atoms with Crippen LogP contribution in [0, 0.1) is 5.92 Å². The van der Waals surface area contributed by atoms with Crippen molar-refractivity contribution in [3.63, 3.8) is 0 Å². The van der Waals surface area contributed by atoms with E-state index in [0.29, 0.717) is 0 Å². The van der Waals surface area contributed by atoms with Gasteiger partial charge in [-0.1, -0.05) is 33.1 Å². The van der Waals surface area contributed by atoms with E-state index in [0.717, 1.165) is 24.5 Å². The molecule has 1 aliphatic rings. The summed E-state index contributed by atoms with van der Waals surface area (Å²) in [4.78, 5) is 2.71. The number of hydrogen-bond acceptors (Lipinski definition) is 2. The van der Waals surface area contributed by atoms with Crippen LogP contribution >= 0.6 is 0 Å². The van der Waals surface area contributed by atoms with Crippen molar-refractivity contribution in [3.05, 3.63) is 0 Å². The predicted octanol–water partition coefficient (Wildman–Crippen LogP) is 3.01. The Morgan fingerprint density at radius 1 is 1.25 bits per heavy atom. The van der Waals surface area contributed by atoms with Crippen LogP contribution in [0.25, 0.3) is 0 Å². The SMILES string of the molecule is CCCC(C)N(CC)C1CCCCC1CN. The molecule has 0 bridgehead atoms.